The van der Waals surface area contributed by atoms with Crippen LogP contribution in [0, 0.1) is 13.8 Å². The number of benzene rings is 3. The van der Waals surface area contributed by atoms with E-state index in [4.69, 9.17) is 16.6 Å². The van der Waals surface area contributed by atoms with E-state index in [9.17, 15) is 8.42 Å². The van der Waals surface area contributed by atoms with Crippen molar-refractivity contribution in [3.63, 3.8) is 0 Å². The predicted octanol–water partition coefficient (Wildman–Crippen LogP) is 6.82. The lowest BCUT2D eigenvalue weighted by atomic mass is 10.1. The quantitative estimate of drug-likeness (QED) is 0.340. The molecule has 4 rings (SSSR count). The summed E-state index contributed by atoms with van der Waals surface area (Å²) in [5.74, 6) is 0. The maximum Gasteiger partial charge on any atom is 0.175 e. The number of hydrogen-bond donors (Lipinski definition) is 0. The highest BCUT2D eigenvalue weighted by molar-refractivity contribution is 7.90. The van der Waals surface area contributed by atoms with Gasteiger partial charge in [0.2, 0.25) is 0 Å². The Kier molecular flexibility index (Phi) is 5.53. The molecule has 3 aromatic carbocycles. The van der Waals surface area contributed by atoms with E-state index in [1.807, 2.05) is 37.3 Å². The third-order valence-corrected chi connectivity index (χ3v) is 7.60. The van der Waals surface area contributed by atoms with Crippen molar-refractivity contribution in [1.82, 2.24) is 4.98 Å². The van der Waals surface area contributed by atoms with E-state index in [1.165, 1.54) is 11.8 Å². The first-order valence-corrected chi connectivity index (χ1v) is 12.5. The van der Waals surface area contributed by atoms with Crippen LogP contribution in [0.4, 0.5) is 0 Å². The fourth-order valence-electron chi connectivity index (χ4n) is 3.13. The van der Waals surface area contributed by atoms with Crippen LogP contribution in [0.2, 0.25) is 5.02 Å². The second-order valence-electron chi connectivity index (χ2n) is 7.32. The molecular weight excluding hydrogens is 434 g/mol. The molecule has 0 aliphatic heterocycles. The summed E-state index contributed by atoms with van der Waals surface area (Å²) in [4.78, 5) is 6.24. The number of aromatic nitrogens is 1. The van der Waals surface area contributed by atoms with E-state index >= 15 is 0 Å². The monoisotopic (exact) mass is 453 g/mol. The molecule has 0 saturated heterocycles. The highest BCUT2D eigenvalue weighted by Crippen LogP contribution is 2.41. The van der Waals surface area contributed by atoms with Crippen LogP contribution in [-0.2, 0) is 9.84 Å². The first-order valence-electron chi connectivity index (χ1n) is 9.37. The van der Waals surface area contributed by atoms with Gasteiger partial charge in [0.25, 0.3) is 0 Å². The Hall–Kier alpha value is -2.47. The number of thiazole rings is 1. The minimum absolute atomic E-state index is 0.304. The first-order chi connectivity index (χ1) is 14.2. The van der Waals surface area contributed by atoms with Gasteiger partial charge in [-0.2, -0.15) is 0 Å². The van der Waals surface area contributed by atoms with Gasteiger partial charge in [0.1, 0.15) is 5.01 Å². The molecule has 0 radical (unpaired) electrons. The summed E-state index contributed by atoms with van der Waals surface area (Å²) in [7, 11) is -3.24. The van der Waals surface area contributed by atoms with Crippen LogP contribution < -0.4 is 0 Å². The van der Waals surface area contributed by atoms with E-state index in [0.29, 0.717) is 9.92 Å². The third-order valence-electron chi connectivity index (χ3n) is 4.92. The summed E-state index contributed by atoms with van der Waals surface area (Å²) in [6, 6.07) is 21.2. The van der Waals surface area contributed by atoms with Gasteiger partial charge in [-0.05, 0) is 43.2 Å². The average molecular weight is 454 g/mol. The zero-order valence-electron chi connectivity index (χ0n) is 16.8. The van der Waals surface area contributed by atoms with Crippen LogP contribution >= 0.6 is 22.9 Å². The molecule has 1 heterocycles. The fraction of sp³-hybridized carbons (Fsp3) is 0.125. The molecule has 0 spiro atoms. The van der Waals surface area contributed by atoms with Crippen molar-refractivity contribution < 1.29 is 8.42 Å². The third kappa shape index (κ3) is 4.19. The normalized spacial score (nSPS) is 11.6. The molecule has 0 N–H and O–H groups in total. The highest BCUT2D eigenvalue weighted by Gasteiger charge is 2.17. The molecule has 0 atom stereocenters. The van der Waals surface area contributed by atoms with Crippen LogP contribution in [0.3, 0.4) is 0 Å². The van der Waals surface area contributed by atoms with Crippen molar-refractivity contribution >= 4 is 32.8 Å². The second kappa shape index (κ2) is 7.99. The standard InChI is InChI=1S/C24H20ClNO2S2/c1-15-4-7-17(8-5-15)22-23(18-10-12-20(13-11-18)30(3,27)28)29-24(26-22)19-9-6-16(2)21(25)14-19/h4-14H,1-3H3. The summed E-state index contributed by atoms with van der Waals surface area (Å²) >= 11 is 7.92. The van der Waals surface area contributed by atoms with Gasteiger partial charge in [-0.1, -0.05) is 65.7 Å². The van der Waals surface area contributed by atoms with Crippen molar-refractivity contribution in [2.24, 2.45) is 0 Å². The van der Waals surface area contributed by atoms with Crippen LogP contribution in [0.25, 0.3) is 32.3 Å². The fourth-order valence-corrected chi connectivity index (χ4v) is 5.03. The van der Waals surface area contributed by atoms with E-state index < -0.39 is 9.84 Å². The first kappa shape index (κ1) is 20.8. The molecule has 0 aliphatic rings. The van der Waals surface area contributed by atoms with Crippen LogP contribution in [-0.4, -0.2) is 19.7 Å². The Balaban J connectivity index is 1.88. The lowest BCUT2D eigenvalue weighted by Crippen LogP contribution is -1.96. The average Bonchev–Trinajstić information content (AvgIpc) is 3.15. The molecule has 0 amide bonds. The minimum atomic E-state index is -3.24. The zero-order valence-corrected chi connectivity index (χ0v) is 19.2. The predicted molar refractivity (Wildman–Crippen MR) is 126 cm³/mol. The number of nitrogens with zero attached hydrogens (tertiary/aromatic N) is 1. The van der Waals surface area contributed by atoms with E-state index in [1.54, 1.807) is 23.5 Å². The maximum absolute atomic E-state index is 11.8. The molecule has 6 heteroatoms. The van der Waals surface area contributed by atoms with Crippen LogP contribution in [0.1, 0.15) is 11.1 Å². The van der Waals surface area contributed by atoms with Gasteiger partial charge in [0.05, 0.1) is 15.5 Å². The molecule has 30 heavy (non-hydrogen) atoms. The molecule has 0 aliphatic carbocycles. The van der Waals surface area contributed by atoms with Gasteiger partial charge in [0.15, 0.2) is 9.84 Å². The van der Waals surface area contributed by atoms with E-state index in [0.717, 1.165) is 37.8 Å². The second-order valence-corrected chi connectivity index (χ2v) is 10.7. The minimum Gasteiger partial charge on any atom is -0.235 e. The smallest absolute Gasteiger partial charge is 0.175 e. The largest absolute Gasteiger partial charge is 0.235 e. The number of aryl methyl sites for hydroxylation is 2. The van der Waals surface area contributed by atoms with Gasteiger partial charge in [-0.15, -0.1) is 11.3 Å². The molecule has 0 fully saturated rings. The molecule has 0 bridgehead atoms. The van der Waals surface area contributed by atoms with Gasteiger partial charge in [-0.3, -0.25) is 0 Å². The number of halogens is 1. The molecule has 1 aromatic heterocycles. The number of hydrogen-bond acceptors (Lipinski definition) is 4. The SMILES string of the molecule is Cc1ccc(-c2nc(-c3ccc(C)c(Cl)c3)sc2-c2ccc(S(C)(=O)=O)cc2)cc1. The van der Waals surface area contributed by atoms with Crippen molar-refractivity contribution in [3.8, 4) is 32.3 Å². The summed E-state index contributed by atoms with van der Waals surface area (Å²) in [6.45, 7) is 4.02. The van der Waals surface area contributed by atoms with Crippen molar-refractivity contribution in [1.29, 1.82) is 0 Å². The topological polar surface area (TPSA) is 47.0 Å². The summed E-state index contributed by atoms with van der Waals surface area (Å²) < 4.78 is 23.7. The van der Waals surface area contributed by atoms with Gasteiger partial charge < -0.3 is 0 Å². The van der Waals surface area contributed by atoms with Gasteiger partial charge in [-0.25, -0.2) is 13.4 Å². The number of rotatable bonds is 4. The van der Waals surface area contributed by atoms with Crippen LogP contribution in [0.15, 0.2) is 71.6 Å². The zero-order chi connectivity index (χ0) is 21.5. The summed E-state index contributed by atoms with van der Waals surface area (Å²) in [5.41, 5.74) is 5.98. The lowest BCUT2D eigenvalue weighted by molar-refractivity contribution is 0.602. The van der Waals surface area contributed by atoms with Gasteiger partial charge >= 0.3 is 0 Å². The number of sulfone groups is 1. The van der Waals surface area contributed by atoms with E-state index in [-0.39, 0.29) is 0 Å². The van der Waals surface area contributed by atoms with Crippen molar-refractivity contribution in [2.75, 3.05) is 6.26 Å². The molecular formula is C24H20ClNO2S2. The highest BCUT2D eigenvalue weighted by atomic mass is 35.5. The molecule has 0 saturated carbocycles. The maximum atomic E-state index is 11.8. The van der Waals surface area contributed by atoms with Crippen LogP contribution in [0.5, 0.6) is 0 Å². The Morgan fingerprint density at radius 1 is 0.833 bits per heavy atom. The van der Waals surface area contributed by atoms with Crippen molar-refractivity contribution in [3.05, 3.63) is 82.9 Å². The molecule has 4 aromatic rings. The molecule has 152 valence electrons. The summed E-state index contributed by atoms with van der Waals surface area (Å²) in [5, 5.41) is 1.58. The Labute approximate surface area is 185 Å². The lowest BCUT2D eigenvalue weighted by Gasteiger charge is -2.05. The van der Waals surface area contributed by atoms with E-state index in [2.05, 4.69) is 31.2 Å². The molecule has 3 nitrogen and oxygen atoms in total. The van der Waals surface area contributed by atoms with Crippen molar-refractivity contribution in [2.45, 2.75) is 18.7 Å². The summed E-state index contributed by atoms with van der Waals surface area (Å²) in [6.07, 6.45) is 1.21. The Morgan fingerprint density at radius 3 is 2.03 bits per heavy atom. The Morgan fingerprint density at radius 2 is 1.43 bits per heavy atom. The Bertz CT molecular complexity index is 1320. The molecule has 0 unspecified atom stereocenters. The van der Waals surface area contributed by atoms with Gasteiger partial charge in [0, 0.05) is 22.4 Å².